The van der Waals surface area contributed by atoms with E-state index in [-0.39, 0.29) is 16.7 Å². The van der Waals surface area contributed by atoms with E-state index in [1.54, 1.807) is 37.5 Å². The van der Waals surface area contributed by atoms with Gasteiger partial charge in [-0.15, -0.1) is 0 Å². The van der Waals surface area contributed by atoms with Crippen molar-refractivity contribution in [2.45, 2.75) is 18.4 Å². The Kier molecular flexibility index (Phi) is 5.11. The largest absolute Gasteiger partial charge is 0.334 e. The summed E-state index contributed by atoms with van der Waals surface area (Å²) in [7, 11) is -3.22. The van der Waals surface area contributed by atoms with Crippen molar-refractivity contribution in [1.29, 1.82) is 0 Å². The van der Waals surface area contributed by atoms with Crippen molar-refractivity contribution in [3.8, 4) is 0 Å². The van der Waals surface area contributed by atoms with Crippen molar-refractivity contribution in [3.05, 3.63) is 54.4 Å². The molecule has 2 aromatic rings. The highest BCUT2D eigenvalue weighted by molar-refractivity contribution is 7.91. The van der Waals surface area contributed by atoms with Crippen molar-refractivity contribution >= 4 is 21.6 Å². The van der Waals surface area contributed by atoms with Gasteiger partial charge >= 0.3 is 6.03 Å². The normalized spacial score (nSPS) is 11.0. The minimum Gasteiger partial charge on any atom is -0.334 e. The molecule has 0 saturated heterocycles. The van der Waals surface area contributed by atoms with Crippen molar-refractivity contribution < 1.29 is 13.2 Å². The van der Waals surface area contributed by atoms with Crippen LogP contribution in [0.1, 0.15) is 12.5 Å². The third kappa shape index (κ3) is 4.29. The second-order valence-electron chi connectivity index (χ2n) is 4.60. The van der Waals surface area contributed by atoms with Gasteiger partial charge in [0.25, 0.3) is 0 Å². The summed E-state index contributed by atoms with van der Waals surface area (Å²) in [6.07, 6.45) is 3.33. The minimum absolute atomic E-state index is 0.0470. The van der Waals surface area contributed by atoms with E-state index in [0.717, 1.165) is 5.56 Å². The third-order valence-electron chi connectivity index (χ3n) is 3.03. The molecule has 0 unspecified atom stereocenters. The molecular formula is C15H17N3O3S. The van der Waals surface area contributed by atoms with Crippen LogP contribution < -0.4 is 10.6 Å². The fourth-order valence-corrected chi connectivity index (χ4v) is 2.66. The molecule has 1 aromatic carbocycles. The Morgan fingerprint density at radius 1 is 1.18 bits per heavy atom. The van der Waals surface area contributed by atoms with E-state index in [2.05, 4.69) is 15.6 Å². The van der Waals surface area contributed by atoms with Crippen molar-refractivity contribution in [2.24, 2.45) is 0 Å². The summed E-state index contributed by atoms with van der Waals surface area (Å²) < 4.78 is 23.4. The monoisotopic (exact) mass is 319 g/mol. The van der Waals surface area contributed by atoms with Crippen LogP contribution in [0.4, 0.5) is 10.5 Å². The highest BCUT2D eigenvalue weighted by Gasteiger charge is 2.11. The van der Waals surface area contributed by atoms with Gasteiger partial charge in [0.15, 0.2) is 9.84 Å². The number of pyridine rings is 1. The highest BCUT2D eigenvalue weighted by atomic mass is 32.2. The maximum absolute atomic E-state index is 11.8. The lowest BCUT2D eigenvalue weighted by molar-refractivity contribution is 0.251. The molecule has 116 valence electrons. The molecule has 0 fully saturated rings. The van der Waals surface area contributed by atoms with E-state index in [1.165, 1.54) is 12.1 Å². The first-order chi connectivity index (χ1) is 10.5. The predicted molar refractivity (Wildman–Crippen MR) is 84.3 cm³/mol. The molecule has 0 bridgehead atoms. The zero-order chi connectivity index (χ0) is 16.0. The van der Waals surface area contributed by atoms with Gasteiger partial charge in [0.2, 0.25) is 0 Å². The Morgan fingerprint density at radius 3 is 2.50 bits per heavy atom. The number of anilines is 1. The fourth-order valence-electron chi connectivity index (χ4n) is 1.77. The standard InChI is InChI=1S/C15H17N3O3S/c1-2-22(20,21)14-7-5-13(6-8-14)18-15(19)17-11-12-4-3-9-16-10-12/h3-10H,2,11H2,1H3,(H2,17,18,19). The molecule has 1 aromatic heterocycles. The first kappa shape index (κ1) is 16.0. The molecule has 0 saturated carbocycles. The van der Waals surface area contributed by atoms with Gasteiger partial charge < -0.3 is 10.6 Å². The maximum atomic E-state index is 11.8. The molecule has 0 aliphatic carbocycles. The van der Waals surface area contributed by atoms with E-state index < -0.39 is 9.84 Å². The van der Waals surface area contributed by atoms with Gasteiger partial charge in [-0.2, -0.15) is 0 Å². The number of rotatable bonds is 5. The summed E-state index contributed by atoms with van der Waals surface area (Å²) in [6, 6.07) is 9.37. The molecule has 0 aliphatic heterocycles. The van der Waals surface area contributed by atoms with Gasteiger partial charge in [0.05, 0.1) is 10.6 Å². The number of hydrogen-bond donors (Lipinski definition) is 2. The van der Waals surface area contributed by atoms with E-state index >= 15 is 0 Å². The molecule has 6 nitrogen and oxygen atoms in total. The number of urea groups is 1. The summed E-state index contributed by atoms with van der Waals surface area (Å²) >= 11 is 0. The molecule has 1 heterocycles. The Bertz CT molecular complexity index is 728. The first-order valence-corrected chi connectivity index (χ1v) is 8.43. The van der Waals surface area contributed by atoms with E-state index in [0.29, 0.717) is 12.2 Å². The number of amides is 2. The Labute approximate surface area is 129 Å². The van der Waals surface area contributed by atoms with Crippen LogP contribution in [0.25, 0.3) is 0 Å². The number of nitrogens with one attached hydrogen (secondary N) is 2. The smallest absolute Gasteiger partial charge is 0.319 e. The van der Waals surface area contributed by atoms with Gasteiger partial charge in [-0.05, 0) is 35.9 Å². The summed E-state index contributed by atoms with van der Waals surface area (Å²) in [5.41, 5.74) is 1.42. The second kappa shape index (κ2) is 7.04. The zero-order valence-corrected chi connectivity index (χ0v) is 12.9. The molecule has 7 heteroatoms. The van der Waals surface area contributed by atoms with Crippen LogP contribution in [-0.4, -0.2) is 25.2 Å². The predicted octanol–water partition coefficient (Wildman–Crippen LogP) is 2.20. The van der Waals surface area contributed by atoms with E-state index in [9.17, 15) is 13.2 Å². The third-order valence-corrected chi connectivity index (χ3v) is 4.78. The maximum Gasteiger partial charge on any atom is 0.319 e. The number of aromatic nitrogens is 1. The van der Waals surface area contributed by atoms with Gasteiger partial charge in [-0.3, -0.25) is 4.98 Å². The Hall–Kier alpha value is -2.41. The molecule has 2 N–H and O–H groups in total. The van der Waals surface area contributed by atoms with Crippen molar-refractivity contribution in [1.82, 2.24) is 10.3 Å². The van der Waals surface area contributed by atoms with Gasteiger partial charge in [-0.1, -0.05) is 13.0 Å². The number of benzene rings is 1. The number of nitrogens with zero attached hydrogens (tertiary/aromatic N) is 1. The van der Waals surface area contributed by atoms with E-state index in [4.69, 9.17) is 0 Å². The summed E-state index contributed by atoms with van der Waals surface area (Å²) in [4.78, 5) is 16.0. The van der Waals surface area contributed by atoms with Gasteiger partial charge in [0.1, 0.15) is 0 Å². The topological polar surface area (TPSA) is 88.2 Å². The van der Waals surface area contributed by atoms with Crippen molar-refractivity contribution in [2.75, 3.05) is 11.1 Å². The Balaban J connectivity index is 1.92. The zero-order valence-electron chi connectivity index (χ0n) is 12.1. The minimum atomic E-state index is -3.22. The van der Waals surface area contributed by atoms with E-state index in [1.807, 2.05) is 6.07 Å². The number of carbonyl (C=O) groups excluding carboxylic acids is 1. The molecule has 0 atom stereocenters. The highest BCUT2D eigenvalue weighted by Crippen LogP contribution is 2.15. The summed E-state index contributed by atoms with van der Waals surface area (Å²) in [6.45, 7) is 1.95. The van der Waals surface area contributed by atoms with Crippen LogP contribution >= 0.6 is 0 Å². The second-order valence-corrected chi connectivity index (χ2v) is 6.88. The van der Waals surface area contributed by atoms with Crippen LogP contribution in [0, 0.1) is 0 Å². The molecule has 0 spiro atoms. The summed E-state index contributed by atoms with van der Waals surface area (Å²) in [5, 5.41) is 5.34. The molecule has 0 radical (unpaired) electrons. The SMILES string of the molecule is CCS(=O)(=O)c1ccc(NC(=O)NCc2cccnc2)cc1. The molecule has 0 aliphatic rings. The number of carbonyl (C=O) groups is 1. The van der Waals surface area contributed by atoms with Crippen LogP contribution in [-0.2, 0) is 16.4 Å². The molecule has 2 rings (SSSR count). The van der Waals surface area contributed by atoms with Gasteiger partial charge in [0, 0.05) is 24.6 Å². The fraction of sp³-hybridized carbons (Fsp3) is 0.200. The van der Waals surface area contributed by atoms with Crippen molar-refractivity contribution in [3.63, 3.8) is 0 Å². The quantitative estimate of drug-likeness (QED) is 0.884. The lowest BCUT2D eigenvalue weighted by atomic mass is 10.3. The average molecular weight is 319 g/mol. The molecule has 2 amide bonds. The van der Waals surface area contributed by atoms with Crippen LogP contribution in [0.15, 0.2) is 53.7 Å². The molecular weight excluding hydrogens is 302 g/mol. The van der Waals surface area contributed by atoms with Gasteiger partial charge in [-0.25, -0.2) is 13.2 Å². The lowest BCUT2D eigenvalue weighted by Crippen LogP contribution is -2.28. The lowest BCUT2D eigenvalue weighted by Gasteiger charge is -2.08. The average Bonchev–Trinajstić information content (AvgIpc) is 2.54. The summed E-state index contributed by atoms with van der Waals surface area (Å²) in [5.74, 6) is 0.0470. The van der Waals surface area contributed by atoms with Crippen LogP contribution in [0.2, 0.25) is 0 Å². The number of sulfone groups is 1. The van der Waals surface area contributed by atoms with Crippen LogP contribution in [0.5, 0.6) is 0 Å². The number of hydrogen-bond acceptors (Lipinski definition) is 4. The Morgan fingerprint density at radius 2 is 1.91 bits per heavy atom. The van der Waals surface area contributed by atoms with Crippen LogP contribution in [0.3, 0.4) is 0 Å². The molecule has 22 heavy (non-hydrogen) atoms. The first-order valence-electron chi connectivity index (χ1n) is 6.78.